The van der Waals surface area contributed by atoms with Crippen molar-refractivity contribution in [3.05, 3.63) is 18.3 Å². The maximum atomic E-state index is 5.73. The number of aromatic nitrogens is 1. The fraction of sp³-hybridized carbons (Fsp3) is 0.615. The number of hydrogen-bond donors (Lipinski definition) is 1. The molecule has 1 fully saturated rings. The zero-order valence-electron chi connectivity index (χ0n) is 10.3. The van der Waals surface area contributed by atoms with Crippen molar-refractivity contribution < 1.29 is 9.47 Å². The second kappa shape index (κ2) is 6.45. The van der Waals surface area contributed by atoms with Gasteiger partial charge in [-0.15, -0.1) is 0 Å². The van der Waals surface area contributed by atoms with Crippen LogP contribution in [0.25, 0.3) is 0 Å². The molecular weight excluding hydrogens is 216 g/mol. The summed E-state index contributed by atoms with van der Waals surface area (Å²) in [5.74, 6) is 1.71. The number of rotatable bonds is 5. The quantitative estimate of drug-likeness (QED) is 0.853. The summed E-state index contributed by atoms with van der Waals surface area (Å²) in [5, 5.41) is 3.16. The fourth-order valence-electron chi connectivity index (χ4n) is 1.91. The molecule has 0 aromatic carbocycles. The van der Waals surface area contributed by atoms with Crippen LogP contribution in [-0.4, -0.2) is 30.8 Å². The third kappa shape index (κ3) is 3.89. The topological polar surface area (TPSA) is 43.4 Å². The molecule has 1 unspecified atom stereocenters. The molecule has 0 amide bonds. The van der Waals surface area contributed by atoms with Crippen LogP contribution in [0.3, 0.4) is 0 Å². The first-order valence-corrected chi connectivity index (χ1v) is 6.33. The molecule has 1 aromatic heterocycles. The van der Waals surface area contributed by atoms with Crippen molar-refractivity contribution in [3.8, 4) is 5.75 Å². The van der Waals surface area contributed by atoms with E-state index in [0.717, 1.165) is 31.1 Å². The number of hydrogen-bond acceptors (Lipinski definition) is 4. The Kier molecular flexibility index (Phi) is 4.62. The van der Waals surface area contributed by atoms with E-state index in [4.69, 9.17) is 9.47 Å². The number of ether oxygens (including phenoxy) is 2. The van der Waals surface area contributed by atoms with E-state index in [9.17, 15) is 0 Å². The first kappa shape index (κ1) is 12.2. The maximum Gasteiger partial charge on any atom is 0.129 e. The molecule has 1 aliphatic heterocycles. The smallest absolute Gasteiger partial charge is 0.129 e. The van der Waals surface area contributed by atoms with Crippen molar-refractivity contribution in [3.63, 3.8) is 0 Å². The van der Waals surface area contributed by atoms with E-state index in [1.807, 2.05) is 19.1 Å². The zero-order valence-corrected chi connectivity index (χ0v) is 10.3. The van der Waals surface area contributed by atoms with E-state index >= 15 is 0 Å². The Balaban J connectivity index is 1.83. The fourth-order valence-corrected chi connectivity index (χ4v) is 1.91. The average Bonchev–Trinajstić information content (AvgIpc) is 2.39. The predicted molar refractivity (Wildman–Crippen MR) is 67.5 cm³/mol. The molecule has 1 aliphatic rings. The second-order valence-corrected chi connectivity index (χ2v) is 4.21. The molecule has 1 saturated heterocycles. The Labute approximate surface area is 102 Å². The molecular formula is C13H20N2O2. The SMILES string of the molecule is CCNc1cc(OCC2CCCCO2)ccn1. The summed E-state index contributed by atoms with van der Waals surface area (Å²) in [7, 11) is 0. The zero-order chi connectivity index (χ0) is 11.9. The lowest BCUT2D eigenvalue weighted by atomic mass is 10.1. The summed E-state index contributed by atoms with van der Waals surface area (Å²) in [6.45, 7) is 4.41. The molecule has 1 N–H and O–H groups in total. The molecule has 94 valence electrons. The molecule has 2 heterocycles. The van der Waals surface area contributed by atoms with Crippen LogP contribution in [0, 0.1) is 0 Å². The summed E-state index contributed by atoms with van der Waals surface area (Å²) in [6.07, 6.45) is 5.53. The number of pyridine rings is 1. The molecule has 4 heteroatoms. The molecule has 1 aromatic rings. The standard InChI is InChI=1S/C13H20N2O2/c1-2-14-13-9-11(6-7-15-13)17-10-12-5-3-4-8-16-12/h6-7,9,12H,2-5,8,10H2,1H3,(H,14,15). The van der Waals surface area contributed by atoms with Crippen molar-refractivity contribution in [2.24, 2.45) is 0 Å². The van der Waals surface area contributed by atoms with E-state index in [-0.39, 0.29) is 6.10 Å². The van der Waals surface area contributed by atoms with Gasteiger partial charge in [-0.1, -0.05) is 0 Å². The average molecular weight is 236 g/mol. The number of anilines is 1. The molecule has 0 aliphatic carbocycles. The van der Waals surface area contributed by atoms with Crippen LogP contribution in [-0.2, 0) is 4.74 Å². The monoisotopic (exact) mass is 236 g/mol. The van der Waals surface area contributed by atoms with Gasteiger partial charge in [-0.25, -0.2) is 4.98 Å². The van der Waals surface area contributed by atoms with Crippen molar-refractivity contribution in [1.82, 2.24) is 4.98 Å². The highest BCUT2D eigenvalue weighted by molar-refractivity contribution is 5.40. The van der Waals surface area contributed by atoms with E-state index in [0.29, 0.717) is 6.61 Å². The van der Waals surface area contributed by atoms with Gasteiger partial charge >= 0.3 is 0 Å². The van der Waals surface area contributed by atoms with E-state index in [1.54, 1.807) is 6.20 Å². The van der Waals surface area contributed by atoms with Gasteiger partial charge in [0.25, 0.3) is 0 Å². The highest BCUT2D eigenvalue weighted by Crippen LogP contribution is 2.17. The first-order valence-electron chi connectivity index (χ1n) is 6.33. The second-order valence-electron chi connectivity index (χ2n) is 4.21. The molecule has 0 bridgehead atoms. The van der Waals surface area contributed by atoms with E-state index in [2.05, 4.69) is 10.3 Å². The van der Waals surface area contributed by atoms with Gasteiger partial charge < -0.3 is 14.8 Å². The van der Waals surface area contributed by atoms with Crippen LogP contribution in [0.2, 0.25) is 0 Å². The maximum absolute atomic E-state index is 5.73. The number of nitrogens with one attached hydrogen (secondary N) is 1. The summed E-state index contributed by atoms with van der Waals surface area (Å²) < 4.78 is 11.3. The minimum Gasteiger partial charge on any atom is -0.491 e. The molecule has 4 nitrogen and oxygen atoms in total. The Morgan fingerprint density at radius 1 is 1.53 bits per heavy atom. The van der Waals surface area contributed by atoms with E-state index in [1.165, 1.54) is 12.8 Å². The van der Waals surface area contributed by atoms with Gasteiger partial charge in [0, 0.05) is 25.4 Å². The van der Waals surface area contributed by atoms with Gasteiger partial charge in [-0.2, -0.15) is 0 Å². The van der Waals surface area contributed by atoms with Gasteiger partial charge in [0.2, 0.25) is 0 Å². The largest absolute Gasteiger partial charge is 0.491 e. The highest BCUT2D eigenvalue weighted by atomic mass is 16.5. The molecule has 0 spiro atoms. The lowest BCUT2D eigenvalue weighted by Gasteiger charge is -2.22. The van der Waals surface area contributed by atoms with Crippen molar-refractivity contribution in [2.45, 2.75) is 32.3 Å². The molecule has 2 rings (SSSR count). The Morgan fingerprint density at radius 2 is 2.47 bits per heavy atom. The van der Waals surface area contributed by atoms with Crippen molar-refractivity contribution in [2.75, 3.05) is 25.1 Å². The number of nitrogens with zero attached hydrogens (tertiary/aromatic N) is 1. The Morgan fingerprint density at radius 3 is 3.24 bits per heavy atom. The summed E-state index contributed by atoms with van der Waals surface area (Å²) >= 11 is 0. The van der Waals surface area contributed by atoms with Gasteiger partial charge in [0.15, 0.2) is 0 Å². The van der Waals surface area contributed by atoms with Gasteiger partial charge in [0.1, 0.15) is 18.2 Å². The lowest BCUT2D eigenvalue weighted by Crippen LogP contribution is -2.25. The first-order chi connectivity index (χ1) is 8.38. The molecule has 0 saturated carbocycles. The van der Waals surface area contributed by atoms with Crippen molar-refractivity contribution in [1.29, 1.82) is 0 Å². The molecule has 1 atom stereocenters. The normalized spacial score (nSPS) is 19.9. The summed E-state index contributed by atoms with van der Waals surface area (Å²) in [5.41, 5.74) is 0. The van der Waals surface area contributed by atoms with Crippen molar-refractivity contribution >= 4 is 5.82 Å². The van der Waals surface area contributed by atoms with Gasteiger partial charge in [0.05, 0.1) is 6.10 Å². The van der Waals surface area contributed by atoms with Gasteiger partial charge in [-0.05, 0) is 32.3 Å². The minimum atomic E-state index is 0.250. The predicted octanol–water partition coefficient (Wildman–Crippen LogP) is 2.46. The van der Waals surface area contributed by atoms with E-state index < -0.39 is 0 Å². The Hall–Kier alpha value is -1.29. The summed E-state index contributed by atoms with van der Waals surface area (Å²) in [6, 6.07) is 3.80. The van der Waals surface area contributed by atoms with Crippen LogP contribution in [0.1, 0.15) is 26.2 Å². The molecule has 0 radical (unpaired) electrons. The highest BCUT2D eigenvalue weighted by Gasteiger charge is 2.14. The minimum absolute atomic E-state index is 0.250. The Bertz CT molecular complexity index is 338. The van der Waals surface area contributed by atoms with Crippen LogP contribution in [0.15, 0.2) is 18.3 Å². The van der Waals surface area contributed by atoms with Crippen LogP contribution >= 0.6 is 0 Å². The summed E-state index contributed by atoms with van der Waals surface area (Å²) in [4.78, 5) is 4.20. The van der Waals surface area contributed by atoms with Crippen LogP contribution in [0.4, 0.5) is 5.82 Å². The van der Waals surface area contributed by atoms with Crippen LogP contribution in [0.5, 0.6) is 5.75 Å². The lowest BCUT2D eigenvalue weighted by molar-refractivity contribution is -0.0110. The third-order valence-corrected chi connectivity index (χ3v) is 2.80. The third-order valence-electron chi connectivity index (χ3n) is 2.80. The van der Waals surface area contributed by atoms with Crippen LogP contribution < -0.4 is 10.1 Å². The molecule has 17 heavy (non-hydrogen) atoms. The van der Waals surface area contributed by atoms with Gasteiger partial charge in [-0.3, -0.25) is 0 Å².